The van der Waals surface area contributed by atoms with Gasteiger partial charge in [-0.1, -0.05) is 23.9 Å². The van der Waals surface area contributed by atoms with Crippen LogP contribution in [0, 0.1) is 17.1 Å². The van der Waals surface area contributed by atoms with Gasteiger partial charge < -0.3 is 9.31 Å². The predicted octanol–water partition coefficient (Wildman–Crippen LogP) is 3.99. The van der Waals surface area contributed by atoms with Crippen LogP contribution in [0.3, 0.4) is 0 Å². The monoisotopic (exact) mass is 361 g/mol. The number of halogens is 1. The van der Waals surface area contributed by atoms with E-state index in [-0.39, 0.29) is 10.7 Å². The van der Waals surface area contributed by atoms with Crippen LogP contribution in [0.5, 0.6) is 0 Å². The van der Waals surface area contributed by atoms with Crippen molar-refractivity contribution in [2.24, 2.45) is 0 Å². The maximum Gasteiger partial charge on any atom is 0.491 e. The highest BCUT2D eigenvalue weighted by molar-refractivity contribution is 8.13. The summed E-state index contributed by atoms with van der Waals surface area (Å²) >= 11 is 1.12. The highest BCUT2D eigenvalue weighted by Crippen LogP contribution is 2.39. The molecule has 25 heavy (non-hydrogen) atoms. The average molecular weight is 361 g/mol. The minimum Gasteiger partial charge on any atom is -0.400 e. The molecule has 4 nitrogen and oxygen atoms in total. The molecule has 1 heterocycles. The van der Waals surface area contributed by atoms with E-state index in [4.69, 9.17) is 14.6 Å². The molecule has 1 aromatic rings. The zero-order valence-electron chi connectivity index (χ0n) is 15.1. The highest BCUT2D eigenvalue weighted by atomic mass is 32.2. The van der Waals surface area contributed by atoms with Gasteiger partial charge in [0.1, 0.15) is 5.82 Å². The Morgan fingerprint density at radius 2 is 1.92 bits per heavy atom. The van der Waals surface area contributed by atoms with Crippen LogP contribution >= 0.6 is 11.8 Å². The van der Waals surface area contributed by atoms with E-state index < -0.39 is 24.1 Å². The summed E-state index contributed by atoms with van der Waals surface area (Å²) in [5.41, 5.74) is 0.196. The Kier molecular flexibility index (Phi) is 5.77. The number of carbonyl (C=O) groups is 1. The fourth-order valence-corrected chi connectivity index (χ4v) is 2.86. The second-order valence-electron chi connectivity index (χ2n) is 6.94. The largest absolute Gasteiger partial charge is 0.491 e. The Morgan fingerprint density at radius 1 is 1.32 bits per heavy atom. The van der Waals surface area contributed by atoms with Crippen LogP contribution < -0.4 is 0 Å². The number of hydrogen-bond donors (Lipinski definition) is 0. The first kappa shape index (κ1) is 19.7. The maximum atomic E-state index is 14.2. The van der Waals surface area contributed by atoms with Crippen molar-refractivity contribution in [3.63, 3.8) is 0 Å². The maximum absolute atomic E-state index is 14.2. The minimum atomic E-state index is -0.660. The molecule has 0 spiro atoms. The van der Waals surface area contributed by atoms with Crippen molar-refractivity contribution in [2.45, 2.75) is 45.8 Å². The molecule has 0 atom stereocenters. The van der Waals surface area contributed by atoms with Gasteiger partial charge in [-0.25, -0.2) is 4.39 Å². The molecule has 0 saturated carbocycles. The van der Waals surface area contributed by atoms with Crippen molar-refractivity contribution in [3.8, 4) is 6.07 Å². The summed E-state index contributed by atoms with van der Waals surface area (Å²) in [5, 5.41) is 8.82. The SMILES string of the molecule is CC(=O)SCC(=Cc1ccc(C#N)cc1F)B1OC(C)(C)C(C)(C)O1. The summed E-state index contributed by atoms with van der Waals surface area (Å²) in [6, 6.07) is 6.18. The zero-order chi connectivity index (χ0) is 18.8. The van der Waals surface area contributed by atoms with Crippen molar-refractivity contribution in [1.29, 1.82) is 5.26 Å². The lowest BCUT2D eigenvalue weighted by atomic mass is 9.78. The van der Waals surface area contributed by atoms with E-state index in [0.717, 1.165) is 11.8 Å². The summed E-state index contributed by atoms with van der Waals surface area (Å²) in [4.78, 5) is 11.4. The predicted molar refractivity (Wildman–Crippen MR) is 98.3 cm³/mol. The van der Waals surface area contributed by atoms with Crippen LogP contribution in [-0.4, -0.2) is 29.2 Å². The van der Waals surface area contributed by atoms with E-state index >= 15 is 0 Å². The molecule has 0 bridgehead atoms. The first-order valence-electron chi connectivity index (χ1n) is 7.95. The fourth-order valence-electron chi connectivity index (χ4n) is 2.27. The molecule has 1 aliphatic heterocycles. The van der Waals surface area contributed by atoms with Crippen molar-refractivity contribution in [3.05, 3.63) is 40.6 Å². The van der Waals surface area contributed by atoms with Crippen LogP contribution in [0.1, 0.15) is 45.7 Å². The number of nitrogens with zero attached hydrogens (tertiary/aromatic N) is 1. The highest BCUT2D eigenvalue weighted by Gasteiger charge is 2.52. The van der Waals surface area contributed by atoms with Gasteiger partial charge >= 0.3 is 7.12 Å². The molecule has 132 valence electrons. The van der Waals surface area contributed by atoms with E-state index in [0.29, 0.717) is 16.8 Å². The van der Waals surface area contributed by atoms with E-state index in [2.05, 4.69) is 0 Å². The van der Waals surface area contributed by atoms with Crippen LogP contribution in [-0.2, 0) is 14.1 Å². The van der Waals surface area contributed by atoms with E-state index in [1.165, 1.54) is 19.1 Å². The molecule has 0 aliphatic carbocycles. The Labute approximate surface area is 152 Å². The minimum absolute atomic E-state index is 0.0392. The van der Waals surface area contributed by atoms with Gasteiger partial charge in [0, 0.05) is 18.2 Å². The van der Waals surface area contributed by atoms with Gasteiger partial charge in [-0.05, 0) is 45.3 Å². The summed E-state index contributed by atoms with van der Waals surface area (Å²) in [5.74, 6) is -0.160. The third kappa shape index (κ3) is 4.52. The van der Waals surface area contributed by atoms with Crippen LogP contribution in [0.4, 0.5) is 4.39 Å². The molecule has 0 unspecified atom stereocenters. The third-order valence-corrected chi connectivity index (χ3v) is 5.35. The van der Waals surface area contributed by atoms with Crippen molar-refractivity contribution >= 4 is 30.1 Å². The molecule has 2 rings (SSSR count). The molecule has 0 N–H and O–H groups in total. The van der Waals surface area contributed by atoms with Crippen LogP contribution in [0.25, 0.3) is 6.08 Å². The van der Waals surface area contributed by atoms with Crippen molar-refractivity contribution < 1.29 is 18.5 Å². The Hall–Kier alpha value is -1.62. The first-order valence-corrected chi connectivity index (χ1v) is 8.93. The number of nitriles is 1. The van der Waals surface area contributed by atoms with Crippen molar-refractivity contribution in [2.75, 3.05) is 5.75 Å². The lowest BCUT2D eigenvalue weighted by molar-refractivity contribution is -0.109. The molecule has 1 aromatic carbocycles. The molecule has 0 amide bonds. The molecular weight excluding hydrogens is 340 g/mol. The van der Waals surface area contributed by atoms with E-state index in [1.54, 1.807) is 12.1 Å². The van der Waals surface area contributed by atoms with E-state index in [1.807, 2.05) is 33.8 Å². The molecule has 1 saturated heterocycles. The van der Waals surface area contributed by atoms with Crippen LogP contribution in [0.2, 0.25) is 0 Å². The van der Waals surface area contributed by atoms with Crippen LogP contribution in [0.15, 0.2) is 23.7 Å². The molecule has 1 fully saturated rings. The fraction of sp³-hybridized carbons (Fsp3) is 0.444. The lowest BCUT2D eigenvalue weighted by Gasteiger charge is -2.32. The Balaban J connectivity index is 2.37. The summed E-state index contributed by atoms with van der Waals surface area (Å²) < 4.78 is 26.3. The Bertz CT molecular complexity index is 739. The number of rotatable bonds is 4. The number of hydrogen-bond acceptors (Lipinski definition) is 5. The summed E-state index contributed by atoms with van der Waals surface area (Å²) in [7, 11) is -0.660. The quantitative estimate of drug-likeness (QED) is 0.759. The lowest BCUT2D eigenvalue weighted by Crippen LogP contribution is -2.41. The standard InChI is InChI=1S/C18H21BFNO3S/c1-12(22)25-11-15(19-23-17(2,3)18(4,5)24-19)9-14-7-6-13(10-21)8-16(14)20/h6-9H,11H2,1-5H3. The second-order valence-corrected chi connectivity index (χ2v) is 8.09. The zero-order valence-corrected chi connectivity index (χ0v) is 15.9. The third-order valence-electron chi connectivity index (χ3n) is 4.47. The normalized spacial score (nSPS) is 18.9. The number of benzene rings is 1. The Morgan fingerprint density at radius 3 is 2.40 bits per heavy atom. The molecule has 0 aromatic heterocycles. The number of carbonyl (C=O) groups excluding carboxylic acids is 1. The molecule has 0 radical (unpaired) electrons. The molecule has 1 aliphatic rings. The van der Waals surface area contributed by atoms with Crippen molar-refractivity contribution in [1.82, 2.24) is 0 Å². The van der Waals surface area contributed by atoms with Gasteiger partial charge in [0.15, 0.2) is 5.12 Å². The van der Waals surface area contributed by atoms with E-state index in [9.17, 15) is 9.18 Å². The van der Waals surface area contributed by atoms with Gasteiger partial charge in [0.25, 0.3) is 0 Å². The molecule has 7 heteroatoms. The second kappa shape index (κ2) is 7.32. The number of thioether (sulfide) groups is 1. The first-order chi connectivity index (χ1) is 11.6. The summed E-state index contributed by atoms with van der Waals surface area (Å²) in [6.07, 6.45) is 1.63. The average Bonchev–Trinajstić information content (AvgIpc) is 2.72. The topological polar surface area (TPSA) is 59.3 Å². The van der Waals surface area contributed by atoms with Gasteiger partial charge in [-0.15, -0.1) is 0 Å². The summed E-state index contributed by atoms with van der Waals surface area (Å²) in [6.45, 7) is 9.22. The van der Waals surface area contributed by atoms with Gasteiger partial charge in [-0.2, -0.15) is 5.26 Å². The van der Waals surface area contributed by atoms with Gasteiger partial charge in [0.2, 0.25) is 0 Å². The smallest absolute Gasteiger partial charge is 0.400 e. The van der Waals surface area contributed by atoms with Gasteiger partial charge in [-0.3, -0.25) is 4.79 Å². The van der Waals surface area contributed by atoms with Gasteiger partial charge in [0.05, 0.1) is 22.8 Å². The molecular formula is C18H21BFNO3S.